The standard InChI is InChI=1S/C32H55N3O14.C31H54N4O14.C2H6/c1-4-7-21(36)8-5-6-9-22(37)35-15-19(29(44)33-10-12-46-31-27(42)25(40)23(38)17(2)48-31)14-20(16-35)30(45)34-11-13-47-32-28(43)26(41)24(39)18(3)49-32;1-4-32-20(36)7-5-6-8-21(37)35-14-18(28(44)33-9-11-46-30-26(42)24(40)22(38)16(2)48-30)13-19(15-35)29(45)34-10-12-47-31-27(43)25(41)23(39)17(3)49-31;1-2/h17-20,23-28,31-32,38-43H,4-16H2,1-3H3,(H,33,44)(H,34,45);16-19,22-27,30-31,38-43H,4-15H2,1-3H3,(H,32,36)(H,33,44)(H,34,45);1-2H3/t17-,18-,19-,20+,23+,24+,25+,26+,27-,28-,31+,32+;16-,17-,18-,19+,22+,23+,24+,25+,26-,27-,30+,31+;/m00./s1. The van der Waals surface area contributed by atoms with E-state index in [1.54, 1.807) is 0 Å². The molecule has 0 aromatic carbocycles. The molecule has 0 unspecified atom stereocenters. The molecule has 0 saturated carbocycles. The van der Waals surface area contributed by atoms with Crippen LogP contribution in [0, 0.1) is 23.7 Å². The first-order chi connectivity index (χ1) is 47.5. The van der Waals surface area contributed by atoms with Crippen molar-refractivity contribution < 1.29 is 138 Å². The van der Waals surface area contributed by atoms with E-state index in [-0.39, 0.29) is 134 Å². The highest BCUT2D eigenvalue weighted by Crippen LogP contribution is 2.29. The van der Waals surface area contributed by atoms with Crippen LogP contribution >= 0.6 is 0 Å². The number of unbranched alkanes of at least 4 members (excludes halogenated alkanes) is 2. The quantitative estimate of drug-likeness (QED) is 0.0272. The minimum absolute atomic E-state index is 0.00229. The average molecular weight is 1440 g/mol. The summed E-state index contributed by atoms with van der Waals surface area (Å²) in [4.78, 5) is 106. The Morgan fingerprint density at radius 3 is 0.880 bits per heavy atom. The summed E-state index contributed by atoms with van der Waals surface area (Å²) in [7, 11) is 0. The molecule has 6 heterocycles. The summed E-state index contributed by atoms with van der Waals surface area (Å²) in [6, 6.07) is 0. The van der Waals surface area contributed by atoms with Gasteiger partial charge in [-0.1, -0.05) is 20.8 Å². The topological polar surface area (TPSA) is 520 Å². The van der Waals surface area contributed by atoms with Gasteiger partial charge in [0.15, 0.2) is 25.2 Å². The molecule has 6 rings (SSSR count). The van der Waals surface area contributed by atoms with Crippen molar-refractivity contribution in [1.29, 1.82) is 0 Å². The van der Waals surface area contributed by atoms with Crippen molar-refractivity contribution in [3.63, 3.8) is 0 Å². The van der Waals surface area contributed by atoms with E-state index in [1.165, 1.54) is 37.5 Å². The molecule has 6 aliphatic heterocycles. The fourth-order valence-electron chi connectivity index (χ4n) is 12.1. The Morgan fingerprint density at radius 2 is 0.620 bits per heavy atom. The van der Waals surface area contributed by atoms with Crippen LogP contribution in [0.2, 0.25) is 0 Å². The molecule has 0 bridgehead atoms. The number of rotatable bonds is 33. The molecule has 0 aromatic heterocycles. The third kappa shape index (κ3) is 27.0. The molecule has 578 valence electrons. The smallest absolute Gasteiger partial charge is 0.225 e. The van der Waals surface area contributed by atoms with Gasteiger partial charge in [0.1, 0.15) is 79.0 Å². The van der Waals surface area contributed by atoms with Crippen molar-refractivity contribution in [3.05, 3.63) is 0 Å². The summed E-state index contributed by atoms with van der Waals surface area (Å²) in [5.41, 5.74) is 0. The lowest BCUT2D eigenvalue weighted by Gasteiger charge is -2.39. The molecule has 0 aromatic rings. The van der Waals surface area contributed by atoms with Gasteiger partial charge in [-0.2, -0.15) is 0 Å². The number of carbonyl (C=O) groups is 8. The molecule has 7 amide bonds. The number of hydrogen-bond donors (Lipinski definition) is 17. The number of likely N-dealkylation sites (tertiary alicyclic amines) is 2. The molecule has 17 N–H and O–H groups in total. The number of aliphatic hydroxyl groups excluding tert-OH is 12. The van der Waals surface area contributed by atoms with Crippen LogP contribution in [-0.2, 0) is 76.3 Å². The van der Waals surface area contributed by atoms with Crippen molar-refractivity contribution in [2.45, 2.75) is 255 Å². The lowest BCUT2D eigenvalue weighted by molar-refractivity contribution is -0.292. The van der Waals surface area contributed by atoms with Gasteiger partial charge in [-0.25, -0.2) is 0 Å². The lowest BCUT2D eigenvalue weighted by Crippen LogP contribution is -2.57. The summed E-state index contributed by atoms with van der Waals surface area (Å²) in [5, 5.41) is 133. The largest absolute Gasteiger partial charge is 0.388 e. The predicted molar refractivity (Wildman–Crippen MR) is 349 cm³/mol. The molecule has 0 spiro atoms. The zero-order chi connectivity index (χ0) is 74.5. The number of amides is 7. The molecule has 6 fully saturated rings. The van der Waals surface area contributed by atoms with Gasteiger partial charge in [0.05, 0.1) is 74.5 Å². The number of piperidine rings is 2. The fraction of sp³-hybridized carbons (Fsp3) is 0.877. The van der Waals surface area contributed by atoms with E-state index in [4.69, 9.17) is 37.9 Å². The van der Waals surface area contributed by atoms with Crippen molar-refractivity contribution in [1.82, 2.24) is 36.4 Å². The Kier molecular flexibility index (Phi) is 39.2. The Bertz CT molecular complexity index is 2210. The molecule has 6 saturated heterocycles. The van der Waals surface area contributed by atoms with E-state index < -0.39 is 170 Å². The molecule has 100 heavy (non-hydrogen) atoms. The van der Waals surface area contributed by atoms with Crippen molar-refractivity contribution in [2.24, 2.45) is 23.7 Å². The minimum Gasteiger partial charge on any atom is -0.388 e. The molecule has 24 atom stereocenters. The molecule has 0 radical (unpaired) electrons. The maximum Gasteiger partial charge on any atom is 0.225 e. The number of ether oxygens (including phenoxy) is 8. The first kappa shape index (κ1) is 87.6. The van der Waals surface area contributed by atoms with Gasteiger partial charge in [-0.05, 0) is 79.6 Å². The van der Waals surface area contributed by atoms with E-state index in [0.717, 1.165) is 6.42 Å². The van der Waals surface area contributed by atoms with Crippen molar-refractivity contribution in [2.75, 3.05) is 85.3 Å². The number of nitrogens with one attached hydrogen (secondary N) is 5. The second-order valence-corrected chi connectivity index (χ2v) is 25.9. The number of nitrogens with zero attached hydrogens (tertiary/aromatic N) is 2. The first-order valence-corrected chi connectivity index (χ1v) is 35.2. The van der Waals surface area contributed by atoms with Crippen LogP contribution in [0.3, 0.4) is 0 Å². The maximum absolute atomic E-state index is 13.2. The van der Waals surface area contributed by atoms with Crippen LogP contribution in [0.4, 0.5) is 0 Å². The van der Waals surface area contributed by atoms with Gasteiger partial charge in [0, 0.05) is 91.0 Å². The van der Waals surface area contributed by atoms with E-state index in [0.29, 0.717) is 45.1 Å². The number of ketones is 1. The van der Waals surface area contributed by atoms with Crippen LogP contribution in [0.25, 0.3) is 0 Å². The summed E-state index contributed by atoms with van der Waals surface area (Å²) in [5.74, 6) is -5.08. The van der Waals surface area contributed by atoms with Gasteiger partial charge >= 0.3 is 0 Å². The highest BCUT2D eigenvalue weighted by atomic mass is 16.7. The highest BCUT2D eigenvalue weighted by molar-refractivity contribution is 5.86. The van der Waals surface area contributed by atoms with Crippen LogP contribution in [-0.4, -0.2) is 326 Å². The van der Waals surface area contributed by atoms with E-state index in [9.17, 15) is 99.6 Å². The zero-order valence-corrected chi connectivity index (χ0v) is 58.8. The monoisotopic (exact) mass is 1440 g/mol. The third-order valence-corrected chi connectivity index (χ3v) is 18.1. The second kappa shape index (κ2) is 44.7. The summed E-state index contributed by atoms with van der Waals surface area (Å²) < 4.78 is 43.5. The van der Waals surface area contributed by atoms with E-state index in [2.05, 4.69) is 26.6 Å². The van der Waals surface area contributed by atoms with E-state index in [1.807, 2.05) is 27.7 Å². The van der Waals surface area contributed by atoms with Gasteiger partial charge in [-0.3, -0.25) is 38.4 Å². The molecule has 35 heteroatoms. The van der Waals surface area contributed by atoms with E-state index >= 15 is 0 Å². The molecular weight excluding hydrogens is 1330 g/mol. The lowest BCUT2D eigenvalue weighted by atomic mass is 9.87. The maximum atomic E-state index is 13.2. The minimum atomic E-state index is -1.49. The third-order valence-electron chi connectivity index (χ3n) is 18.1. The first-order valence-electron chi connectivity index (χ1n) is 35.2. The van der Waals surface area contributed by atoms with Crippen molar-refractivity contribution >= 4 is 47.1 Å². The summed E-state index contributed by atoms with van der Waals surface area (Å²) >= 11 is 0. The van der Waals surface area contributed by atoms with Gasteiger partial charge in [-0.15, -0.1) is 0 Å². The van der Waals surface area contributed by atoms with Crippen LogP contribution in [0.15, 0.2) is 0 Å². The number of carbonyl (C=O) groups excluding carboxylic acids is 8. The Morgan fingerprint density at radius 1 is 0.360 bits per heavy atom. The van der Waals surface area contributed by atoms with Crippen molar-refractivity contribution in [3.8, 4) is 0 Å². The Balaban J connectivity index is 0.000000414. The SMILES string of the molecule is CC.CCCC(=O)CCCCC(=O)N1C[C@H](C(=O)NCCO[C@@H]2O[C@@H](C)[C@@H](O)[C@@H](O)[C@@H]2O)C[C@H](C(=O)NCCO[C@@H]2O[C@@H](C)[C@@H](O)[C@@H](O)[C@@H]2O)C1.CCNC(=O)CCCCC(=O)N1C[C@H](C(=O)NCCO[C@@H]2O[C@@H](C)[C@@H](O)[C@@H](O)[C@@H]2O)C[C@H](C(=O)NCCO[C@@H]2O[C@@H](C)[C@@H](O)[C@@H](O)[C@@H]2O)C1. The van der Waals surface area contributed by atoms with Crippen LogP contribution in [0.5, 0.6) is 0 Å². The Hall–Kier alpha value is -4.84. The van der Waals surface area contributed by atoms with Gasteiger partial charge in [0.2, 0.25) is 41.4 Å². The second-order valence-electron chi connectivity index (χ2n) is 25.9. The van der Waals surface area contributed by atoms with Crippen LogP contribution < -0.4 is 26.6 Å². The number of Topliss-reactive ketones (excluding diaryl/α,β-unsaturated/α-hetero) is 1. The molecular formula is C65H115N7O28. The molecule has 6 aliphatic rings. The molecule has 35 nitrogen and oxygen atoms in total. The number of aliphatic hydroxyl groups is 12. The fourth-order valence-corrected chi connectivity index (χ4v) is 12.1. The zero-order valence-electron chi connectivity index (χ0n) is 58.8. The Labute approximate surface area is 583 Å². The highest BCUT2D eigenvalue weighted by Gasteiger charge is 2.47. The summed E-state index contributed by atoms with van der Waals surface area (Å²) in [6.45, 7) is 14.3. The predicted octanol–water partition coefficient (Wildman–Crippen LogP) is -5.60. The van der Waals surface area contributed by atoms with Gasteiger partial charge < -0.3 is 136 Å². The average Bonchev–Trinajstić information content (AvgIpc) is 0.864. The summed E-state index contributed by atoms with van der Waals surface area (Å²) in [6.07, 6.45) is -20.4. The van der Waals surface area contributed by atoms with Crippen LogP contribution in [0.1, 0.15) is 132 Å². The number of hydrogen-bond acceptors (Lipinski definition) is 28. The van der Waals surface area contributed by atoms with Gasteiger partial charge in [0.25, 0.3) is 0 Å². The normalized spacial score (nSPS) is 34.4. The molecule has 0 aliphatic carbocycles.